The monoisotopic (exact) mass is 384 g/mol. The van der Waals surface area contributed by atoms with Crippen molar-refractivity contribution in [2.45, 2.75) is 13.3 Å². The first-order valence-corrected chi connectivity index (χ1v) is 8.82. The first-order chi connectivity index (χ1) is 12.4. The molecule has 5 heteroatoms. The van der Waals surface area contributed by atoms with Crippen molar-refractivity contribution in [3.05, 3.63) is 74.9 Å². The smallest absolute Gasteiger partial charge is 0.120 e. The van der Waals surface area contributed by atoms with Gasteiger partial charge in [0.15, 0.2) is 0 Å². The lowest BCUT2D eigenvalue weighted by Crippen LogP contribution is -2.00. The summed E-state index contributed by atoms with van der Waals surface area (Å²) in [6.45, 7) is 5.85. The molecule has 1 heterocycles. The zero-order chi connectivity index (χ0) is 19.0. The quantitative estimate of drug-likeness (QED) is 0.527. The molecule has 0 amide bonds. The normalized spacial score (nSPS) is 10.8. The van der Waals surface area contributed by atoms with Gasteiger partial charge in [0.05, 0.1) is 23.8 Å². The summed E-state index contributed by atoms with van der Waals surface area (Å²) in [4.78, 5) is 0. The van der Waals surface area contributed by atoms with Crippen molar-refractivity contribution in [1.29, 1.82) is 5.26 Å². The van der Waals surface area contributed by atoms with Gasteiger partial charge in [0, 0.05) is 40.7 Å². The highest BCUT2D eigenvalue weighted by Crippen LogP contribution is 2.35. The third-order valence-corrected chi connectivity index (χ3v) is 5.59. The Morgan fingerprint density at radius 1 is 1.27 bits per heavy atom. The number of ether oxygens (including phenoxy) is 1. The van der Waals surface area contributed by atoms with E-state index in [4.69, 9.17) is 27.9 Å². The highest BCUT2D eigenvalue weighted by atomic mass is 35.5. The summed E-state index contributed by atoms with van der Waals surface area (Å²) >= 11 is 13.0. The average molecular weight is 385 g/mol. The molecule has 0 bridgehead atoms. The van der Waals surface area contributed by atoms with Crippen molar-refractivity contribution in [2.24, 2.45) is 7.05 Å². The van der Waals surface area contributed by atoms with Crippen molar-refractivity contribution in [3.8, 4) is 6.07 Å². The van der Waals surface area contributed by atoms with E-state index in [1.807, 2.05) is 38.2 Å². The van der Waals surface area contributed by atoms with Crippen LogP contribution in [0, 0.1) is 18.3 Å². The molecule has 3 nitrogen and oxygen atoms in total. The van der Waals surface area contributed by atoms with E-state index in [0.717, 1.165) is 33.3 Å². The van der Waals surface area contributed by atoms with E-state index in [0.29, 0.717) is 27.8 Å². The summed E-state index contributed by atoms with van der Waals surface area (Å²) in [7, 11) is 3.56. The van der Waals surface area contributed by atoms with Crippen LogP contribution in [0.2, 0.25) is 10.0 Å². The van der Waals surface area contributed by atoms with Crippen LogP contribution in [0.3, 0.4) is 0 Å². The Kier molecular flexibility index (Phi) is 5.00. The average Bonchev–Trinajstić information content (AvgIpc) is 2.95. The van der Waals surface area contributed by atoms with Crippen LogP contribution < -0.4 is 0 Å². The SMILES string of the molecule is C=C(OC)c1ccc(Cl)c(Cc2cc3c(C)c(C#N)ccc3n2C)c1Cl. The van der Waals surface area contributed by atoms with Crippen molar-refractivity contribution < 1.29 is 4.74 Å². The Balaban J connectivity index is 2.13. The molecule has 26 heavy (non-hydrogen) atoms. The van der Waals surface area contributed by atoms with Gasteiger partial charge in [-0.3, -0.25) is 0 Å². The summed E-state index contributed by atoms with van der Waals surface area (Å²) in [5.74, 6) is 0.500. The maximum Gasteiger partial charge on any atom is 0.120 e. The number of fused-ring (bicyclic) bond motifs is 1. The lowest BCUT2D eigenvalue weighted by Gasteiger charge is -2.13. The summed E-state index contributed by atoms with van der Waals surface area (Å²) in [5, 5.41) is 11.5. The lowest BCUT2D eigenvalue weighted by atomic mass is 10.0. The van der Waals surface area contributed by atoms with Gasteiger partial charge in [-0.25, -0.2) is 0 Å². The lowest BCUT2D eigenvalue weighted by molar-refractivity contribution is 0.371. The highest BCUT2D eigenvalue weighted by molar-refractivity contribution is 6.37. The van der Waals surface area contributed by atoms with Crippen molar-refractivity contribution in [2.75, 3.05) is 7.11 Å². The third kappa shape index (κ3) is 2.96. The maximum atomic E-state index is 9.26. The predicted molar refractivity (Wildman–Crippen MR) is 108 cm³/mol. The number of aryl methyl sites for hydroxylation is 2. The molecule has 0 atom stereocenters. The first-order valence-electron chi connectivity index (χ1n) is 8.07. The minimum absolute atomic E-state index is 0.500. The van der Waals surface area contributed by atoms with Gasteiger partial charge >= 0.3 is 0 Å². The first kappa shape index (κ1) is 18.4. The highest BCUT2D eigenvalue weighted by Gasteiger charge is 2.17. The molecule has 0 unspecified atom stereocenters. The number of hydrogen-bond acceptors (Lipinski definition) is 2. The van der Waals surface area contributed by atoms with Gasteiger partial charge in [0.1, 0.15) is 5.76 Å². The topological polar surface area (TPSA) is 37.9 Å². The second-order valence-corrected chi connectivity index (χ2v) is 6.95. The van der Waals surface area contributed by atoms with Gasteiger partial charge in [-0.1, -0.05) is 29.8 Å². The van der Waals surface area contributed by atoms with Crippen LogP contribution in [0.1, 0.15) is 27.9 Å². The van der Waals surface area contributed by atoms with Crippen LogP contribution in [-0.2, 0) is 18.2 Å². The van der Waals surface area contributed by atoms with Gasteiger partial charge in [0.2, 0.25) is 0 Å². The molecule has 0 aliphatic heterocycles. The standard InChI is InChI=1S/C21H18Cl2N2O/c1-12-14(11-24)5-8-20-17(12)9-15(25(20)3)10-18-19(22)7-6-16(21(18)23)13(2)26-4/h5-9H,2,10H2,1,3-4H3. The molecule has 132 valence electrons. The van der Waals surface area contributed by atoms with Gasteiger partial charge in [0.25, 0.3) is 0 Å². The molecule has 0 aliphatic rings. The number of rotatable bonds is 4. The molecule has 0 spiro atoms. The molecular formula is C21H18Cl2N2O. The Labute approximate surface area is 163 Å². The van der Waals surface area contributed by atoms with Crippen LogP contribution in [0.15, 0.2) is 36.9 Å². The molecule has 1 aromatic heterocycles. The van der Waals surface area contributed by atoms with Crippen molar-refractivity contribution >= 4 is 39.9 Å². The second kappa shape index (κ2) is 7.07. The van der Waals surface area contributed by atoms with E-state index >= 15 is 0 Å². The van der Waals surface area contributed by atoms with Gasteiger partial charge in [-0.15, -0.1) is 0 Å². The number of hydrogen-bond donors (Lipinski definition) is 0. The fraction of sp³-hybridized carbons (Fsp3) is 0.190. The van der Waals surface area contributed by atoms with Gasteiger partial charge < -0.3 is 9.30 Å². The molecule has 3 rings (SSSR count). The van der Waals surface area contributed by atoms with Crippen molar-refractivity contribution in [3.63, 3.8) is 0 Å². The zero-order valence-corrected chi connectivity index (χ0v) is 16.4. The number of benzene rings is 2. The Morgan fingerprint density at radius 3 is 2.65 bits per heavy atom. The Hall–Kier alpha value is -2.41. The summed E-state index contributed by atoms with van der Waals surface area (Å²) in [6, 6.07) is 11.8. The molecular weight excluding hydrogens is 367 g/mol. The zero-order valence-electron chi connectivity index (χ0n) is 14.9. The van der Waals surface area contributed by atoms with E-state index in [9.17, 15) is 5.26 Å². The number of aromatic nitrogens is 1. The number of nitrogens with zero attached hydrogens (tertiary/aromatic N) is 2. The van der Waals surface area contributed by atoms with Crippen LogP contribution in [-0.4, -0.2) is 11.7 Å². The predicted octanol–water partition coefficient (Wildman–Crippen LogP) is 5.87. The van der Waals surface area contributed by atoms with E-state index in [2.05, 4.69) is 23.3 Å². The maximum absolute atomic E-state index is 9.26. The van der Waals surface area contributed by atoms with Gasteiger partial charge in [-0.05, 0) is 48.4 Å². The summed E-state index contributed by atoms with van der Waals surface area (Å²) in [6.07, 6.45) is 0.564. The molecule has 0 aliphatic carbocycles. The molecule has 0 radical (unpaired) electrons. The summed E-state index contributed by atoms with van der Waals surface area (Å²) < 4.78 is 7.32. The number of methoxy groups -OCH3 is 1. The molecule has 0 fully saturated rings. The fourth-order valence-corrected chi connectivity index (χ4v) is 3.77. The van der Waals surface area contributed by atoms with Gasteiger partial charge in [-0.2, -0.15) is 5.26 Å². The van der Waals surface area contributed by atoms with Crippen LogP contribution in [0.5, 0.6) is 0 Å². The Bertz CT molecular complexity index is 1070. The largest absolute Gasteiger partial charge is 0.497 e. The molecule has 0 saturated carbocycles. The van der Waals surface area contributed by atoms with E-state index in [1.54, 1.807) is 7.11 Å². The van der Waals surface area contributed by atoms with E-state index in [1.165, 1.54) is 0 Å². The molecule has 3 aromatic rings. The number of nitriles is 1. The second-order valence-electron chi connectivity index (χ2n) is 6.17. The minimum atomic E-state index is 0.500. The molecule has 0 N–H and O–H groups in total. The molecule has 0 saturated heterocycles. The van der Waals surface area contributed by atoms with Crippen LogP contribution in [0.25, 0.3) is 16.7 Å². The van der Waals surface area contributed by atoms with Crippen molar-refractivity contribution in [1.82, 2.24) is 4.57 Å². The Morgan fingerprint density at radius 2 is 2.00 bits per heavy atom. The number of halogens is 2. The molecule has 2 aromatic carbocycles. The van der Waals surface area contributed by atoms with Crippen LogP contribution >= 0.6 is 23.2 Å². The van der Waals surface area contributed by atoms with E-state index < -0.39 is 0 Å². The van der Waals surface area contributed by atoms with E-state index in [-0.39, 0.29) is 0 Å². The third-order valence-electron chi connectivity index (χ3n) is 4.81. The minimum Gasteiger partial charge on any atom is -0.497 e. The summed E-state index contributed by atoms with van der Waals surface area (Å²) in [5.41, 5.74) is 5.35. The van der Waals surface area contributed by atoms with Crippen LogP contribution in [0.4, 0.5) is 0 Å². The fourth-order valence-electron chi connectivity index (χ4n) is 3.16.